The van der Waals surface area contributed by atoms with Gasteiger partial charge in [-0.3, -0.25) is 9.59 Å². The summed E-state index contributed by atoms with van der Waals surface area (Å²) >= 11 is 0. The molecule has 0 saturated heterocycles. The molecule has 2 aliphatic rings. The number of fused-ring (bicyclic) bond motifs is 2. The van der Waals surface area contributed by atoms with E-state index in [1.165, 1.54) is 13.2 Å². The Hall–Kier alpha value is -2.96. The molecule has 0 fully saturated rings. The summed E-state index contributed by atoms with van der Waals surface area (Å²) < 4.78 is 17.8. The van der Waals surface area contributed by atoms with Gasteiger partial charge in [0.15, 0.2) is 11.5 Å². The summed E-state index contributed by atoms with van der Waals surface area (Å²) in [5.41, 5.74) is 2.02. The number of aromatic nitrogens is 1. The van der Waals surface area contributed by atoms with Crippen molar-refractivity contribution in [3.8, 4) is 17.2 Å². The molecule has 7 heteroatoms. The number of carbonyl (C=O) groups is 1. The van der Waals surface area contributed by atoms with Crippen LogP contribution in [0.2, 0.25) is 0 Å². The van der Waals surface area contributed by atoms with Gasteiger partial charge in [0.05, 0.1) is 7.11 Å². The lowest BCUT2D eigenvalue weighted by Crippen LogP contribution is -2.30. The zero-order valence-electron chi connectivity index (χ0n) is 15.2. The highest BCUT2D eigenvalue weighted by atomic mass is 16.7. The largest absolute Gasteiger partial charge is 0.496 e. The molecule has 4 rings (SSSR count). The van der Waals surface area contributed by atoms with Crippen LogP contribution >= 0.6 is 0 Å². The van der Waals surface area contributed by atoms with Crippen LogP contribution in [0.4, 0.5) is 0 Å². The number of methoxy groups -OCH3 is 1. The van der Waals surface area contributed by atoms with Crippen molar-refractivity contribution in [3.05, 3.63) is 51.4 Å². The van der Waals surface area contributed by atoms with E-state index in [1.807, 2.05) is 18.2 Å². The molecule has 2 aliphatic heterocycles. The van der Waals surface area contributed by atoms with Gasteiger partial charge in [-0.1, -0.05) is 12.5 Å². The van der Waals surface area contributed by atoms with Crippen molar-refractivity contribution in [1.82, 2.24) is 9.88 Å². The third-order valence-corrected chi connectivity index (χ3v) is 5.01. The van der Waals surface area contributed by atoms with E-state index in [9.17, 15) is 9.59 Å². The summed E-state index contributed by atoms with van der Waals surface area (Å²) in [5, 5.41) is 2.94. The van der Waals surface area contributed by atoms with Crippen molar-refractivity contribution in [2.45, 2.75) is 38.8 Å². The topological polar surface area (TPSA) is 78.8 Å². The van der Waals surface area contributed by atoms with E-state index in [-0.39, 0.29) is 18.3 Å². The van der Waals surface area contributed by atoms with E-state index in [0.29, 0.717) is 42.3 Å². The fraction of sp³-hybridized carbons (Fsp3) is 0.400. The van der Waals surface area contributed by atoms with Gasteiger partial charge >= 0.3 is 0 Å². The van der Waals surface area contributed by atoms with Crippen molar-refractivity contribution >= 4 is 5.91 Å². The van der Waals surface area contributed by atoms with Crippen molar-refractivity contribution in [2.75, 3.05) is 13.9 Å². The SMILES string of the molecule is COc1cc(=O)n2c(c1C(=O)NCc1ccc3c(c1)OCO3)CCCCC2. The predicted molar refractivity (Wildman–Crippen MR) is 98.5 cm³/mol. The molecule has 27 heavy (non-hydrogen) atoms. The Morgan fingerprint density at radius 3 is 2.89 bits per heavy atom. The lowest BCUT2D eigenvalue weighted by molar-refractivity contribution is 0.0945. The monoisotopic (exact) mass is 370 g/mol. The first-order chi connectivity index (χ1) is 13.2. The standard InChI is InChI=1S/C20H22N2O5/c1-25-17-10-18(23)22-8-4-2-3-5-14(22)19(17)20(24)21-11-13-6-7-15-16(9-13)27-12-26-15/h6-7,9-10H,2-5,8,11-12H2,1H3,(H,21,24). The van der Waals surface area contributed by atoms with Crippen LogP contribution in [0, 0.1) is 0 Å². The molecular formula is C20H22N2O5. The average molecular weight is 370 g/mol. The highest BCUT2D eigenvalue weighted by molar-refractivity contribution is 5.98. The van der Waals surface area contributed by atoms with Crippen molar-refractivity contribution in [3.63, 3.8) is 0 Å². The number of ether oxygens (including phenoxy) is 3. The van der Waals surface area contributed by atoms with E-state index in [4.69, 9.17) is 14.2 Å². The Balaban J connectivity index is 1.60. The zero-order chi connectivity index (χ0) is 18.8. The zero-order valence-corrected chi connectivity index (χ0v) is 15.2. The molecule has 0 radical (unpaired) electrons. The Kier molecular flexibility index (Phi) is 4.75. The second-order valence-corrected chi connectivity index (χ2v) is 6.71. The van der Waals surface area contributed by atoms with Crippen molar-refractivity contribution < 1.29 is 19.0 Å². The van der Waals surface area contributed by atoms with Crippen LogP contribution in [0.3, 0.4) is 0 Å². The number of pyridine rings is 1. The minimum atomic E-state index is -0.241. The molecule has 0 aliphatic carbocycles. The van der Waals surface area contributed by atoms with E-state index in [2.05, 4.69) is 5.32 Å². The van der Waals surface area contributed by atoms with Crippen LogP contribution in [-0.4, -0.2) is 24.4 Å². The van der Waals surface area contributed by atoms with Gasteiger partial charge in [0.1, 0.15) is 11.3 Å². The normalized spacial score (nSPS) is 15.0. The molecular weight excluding hydrogens is 348 g/mol. The smallest absolute Gasteiger partial charge is 0.257 e. The first-order valence-corrected chi connectivity index (χ1v) is 9.15. The Morgan fingerprint density at radius 1 is 1.19 bits per heavy atom. The predicted octanol–water partition coefficient (Wildman–Crippen LogP) is 2.24. The third kappa shape index (κ3) is 3.37. The maximum atomic E-state index is 13.0. The molecule has 0 unspecified atom stereocenters. The number of nitrogens with zero attached hydrogens (tertiary/aromatic N) is 1. The molecule has 0 bridgehead atoms. The maximum absolute atomic E-state index is 13.0. The average Bonchev–Trinajstić information content (AvgIpc) is 3.00. The second-order valence-electron chi connectivity index (χ2n) is 6.71. The number of carbonyl (C=O) groups excluding carboxylic acids is 1. The minimum absolute atomic E-state index is 0.115. The highest BCUT2D eigenvalue weighted by Crippen LogP contribution is 2.32. The first-order valence-electron chi connectivity index (χ1n) is 9.15. The molecule has 7 nitrogen and oxygen atoms in total. The number of amides is 1. The summed E-state index contributed by atoms with van der Waals surface area (Å²) in [4.78, 5) is 25.3. The van der Waals surface area contributed by atoms with E-state index < -0.39 is 0 Å². The van der Waals surface area contributed by atoms with Gasteiger partial charge in [0.25, 0.3) is 11.5 Å². The molecule has 2 aromatic rings. The van der Waals surface area contributed by atoms with Gasteiger partial charge in [-0.2, -0.15) is 0 Å². The molecule has 1 amide bonds. The quantitative estimate of drug-likeness (QED) is 0.893. The number of hydrogen-bond acceptors (Lipinski definition) is 5. The summed E-state index contributed by atoms with van der Waals surface area (Å²) in [7, 11) is 1.48. The van der Waals surface area contributed by atoms with E-state index >= 15 is 0 Å². The van der Waals surface area contributed by atoms with E-state index in [1.54, 1.807) is 4.57 Å². The molecule has 142 valence electrons. The van der Waals surface area contributed by atoms with Gasteiger partial charge in [-0.15, -0.1) is 0 Å². The molecule has 0 spiro atoms. The van der Waals surface area contributed by atoms with Crippen molar-refractivity contribution in [1.29, 1.82) is 0 Å². The van der Waals surface area contributed by atoms with Gasteiger partial charge in [-0.25, -0.2) is 0 Å². The van der Waals surface area contributed by atoms with E-state index in [0.717, 1.165) is 30.5 Å². The summed E-state index contributed by atoms with van der Waals surface area (Å²) in [6, 6.07) is 6.99. The molecule has 1 aromatic carbocycles. The summed E-state index contributed by atoms with van der Waals surface area (Å²) in [6.45, 7) is 1.20. The molecule has 0 saturated carbocycles. The van der Waals surface area contributed by atoms with Crippen LogP contribution < -0.4 is 25.1 Å². The number of benzene rings is 1. The van der Waals surface area contributed by atoms with Crippen molar-refractivity contribution in [2.24, 2.45) is 0 Å². The number of rotatable bonds is 4. The number of hydrogen-bond donors (Lipinski definition) is 1. The van der Waals surface area contributed by atoms with Crippen LogP contribution in [0.15, 0.2) is 29.1 Å². The first kappa shape index (κ1) is 17.5. The Labute approximate surface area is 156 Å². The summed E-state index contributed by atoms with van der Waals surface area (Å²) in [6.07, 6.45) is 3.63. The van der Waals surface area contributed by atoms with Gasteiger partial charge in [0.2, 0.25) is 6.79 Å². The minimum Gasteiger partial charge on any atom is -0.496 e. The maximum Gasteiger partial charge on any atom is 0.257 e. The lowest BCUT2D eigenvalue weighted by Gasteiger charge is -2.17. The van der Waals surface area contributed by atoms with Gasteiger partial charge in [-0.05, 0) is 37.0 Å². The van der Waals surface area contributed by atoms with Crippen LogP contribution in [0.5, 0.6) is 17.2 Å². The third-order valence-electron chi connectivity index (χ3n) is 5.01. The molecule has 3 heterocycles. The second kappa shape index (κ2) is 7.34. The van der Waals surface area contributed by atoms with Crippen LogP contribution in [0.25, 0.3) is 0 Å². The fourth-order valence-electron chi connectivity index (χ4n) is 3.64. The molecule has 1 aromatic heterocycles. The Bertz CT molecular complexity index is 935. The number of nitrogens with one attached hydrogen (secondary N) is 1. The van der Waals surface area contributed by atoms with Crippen LogP contribution in [-0.2, 0) is 19.5 Å². The molecule has 0 atom stereocenters. The summed E-state index contributed by atoms with van der Waals surface area (Å²) in [5.74, 6) is 1.48. The fourth-order valence-corrected chi connectivity index (χ4v) is 3.64. The Morgan fingerprint density at radius 2 is 2.04 bits per heavy atom. The van der Waals surface area contributed by atoms with Gasteiger partial charge < -0.3 is 24.1 Å². The highest BCUT2D eigenvalue weighted by Gasteiger charge is 2.23. The molecule has 1 N–H and O–H groups in total. The lowest BCUT2D eigenvalue weighted by atomic mass is 10.1. The van der Waals surface area contributed by atoms with Crippen LogP contribution in [0.1, 0.15) is 40.9 Å². The van der Waals surface area contributed by atoms with Gasteiger partial charge in [0, 0.05) is 24.8 Å².